The second-order valence-corrected chi connectivity index (χ2v) is 6.60. The molecule has 1 aliphatic carbocycles. The maximum absolute atomic E-state index is 12.1. The van der Waals surface area contributed by atoms with Crippen LogP contribution in [0.15, 0.2) is 53.9 Å². The van der Waals surface area contributed by atoms with Crippen molar-refractivity contribution in [3.8, 4) is 10.4 Å². The molecule has 5 nitrogen and oxygen atoms in total. The fourth-order valence-corrected chi connectivity index (χ4v) is 3.36. The van der Waals surface area contributed by atoms with Gasteiger partial charge in [0, 0.05) is 29.1 Å². The Morgan fingerprint density at radius 2 is 2.04 bits per heavy atom. The van der Waals surface area contributed by atoms with Crippen LogP contribution >= 0.6 is 11.3 Å². The topological polar surface area (TPSA) is 78.4 Å². The lowest BCUT2D eigenvalue weighted by molar-refractivity contribution is -0.136. The molecule has 2 atom stereocenters. The van der Waals surface area contributed by atoms with Gasteiger partial charge < -0.3 is 15.7 Å². The average molecular weight is 342 g/mol. The van der Waals surface area contributed by atoms with Gasteiger partial charge in [-0.2, -0.15) is 0 Å². The molecule has 1 aliphatic rings. The molecule has 124 valence electrons. The minimum absolute atomic E-state index is 0.0424. The van der Waals surface area contributed by atoms with Crippen molar-refractivity contribution in [2.75, 3.05) is 11.9 Å². The summed E-state index contributed by atoms with van der Waals surface area (Å²) in [5.41, 5.74) is 1.57. The molecule has 2 amide bonds. The lowest BCUT2D eigenvalue weighted by Crippen LogP contribution is -2.40. The van der Waals surface area contributed by atoms with Crippen molar-refractivity contribution in [2.24, 2.45) is 5.92 Å². The van der Waals surface area contributed by atoms with Crippen molar-refractivity contribution in [1.82, 2.24) is 5.32 Å². The first-order valence-corrected chi connectivity index (χ1v) is 8.58. The van der Waals surface area contributed by atoms with E-state index in [-0.39, 0.29) is 18.6 Å². The second kappa shape index (κ2) is 7.42. The first-order chi connectivity index (χ1) is 11.7. The van der Waals surface area contributed by atoms with Crippen LogP contribution in [-0.2, 0) is 9.59 Å². The first-order valence-electron chi connectivity index (χ1n) is 7.70. The van der Waals surface area contributed by atoms with Crippen LogP contribution in [0.5, 0.6) is 0 Å². The molecule has 24 heavy (non-hydrogen) atoms. The summed E-state index contributed by atoms with van der Waals surface area (Å²) in [6, 6.07) is 11.1. The number of nitrogens with one attached hydrogen (secondary N) is 2. The summed E-state index contributed by atoms with van der Waals surface area (Å²) >= 11 is 1.61. The average Bonchev–Trinajstić information content (AvgIpc) is 3.26. The number of benzene rings is 1. The van der Waals surface area contributed by atoms with Crippen LogP contribution in [0.1, 0.15) is 6.42 Å². The fourth-order valence-electron chi connectivity index (χ4n) is 2.63. The zero-order chi connectivity index (χ0) is 16.9. The van der Waals surface area contributed by atoms with Crippen molar-refractivity contribution >= 4 is 28.8 Å². The zero-order valence-electron chi connectivity index (χ0n) is 12.9. The number of aliphatic hydroxyl groups is 1. The molecule has 0 aliphatic heterocycles. The Balaban J connectivity index is 1.59. The summed E-state index contributed by atoms with van der Waals surface area (Å²) < 4.78 is 0. The van der Waals surface area contributed by atoms with Gasteiger partial charge in [-0.1, -0.05) is 30.4 Å². The number of hydrogen-bond acceptors (Lipinski definition) is 4. The number of amides is 2. The minimum atomic E-state index is -0.695. The molecule has 0 saturated heterocycles. The fraction of sp³-hybridized carbons (Fsp3) is 0.222. The zero-order valence-corrected chi connectivity index (χ0v) is 13.8. The van der Waals surface area contributed by atoms with Crippen molar-refractivity contribution in [1.29, 1.82) is 0 Å². The molecule has 1 heterocycles. The number of aliphatic hydroxyl groups excluding tert-OH is 1. The standard InChI is InChI=1S/C18H18N2O3S/c21-11-12-6-7-15(9-12)20-18(23)17(22)19-14-4-1-3-13(10-14)16-5-2-8-24-16/h1-8,10,12,15,21H,9,11H2,(H,19,22)(H,20,23)/t12-,15+/m0/s1. The first kappa shape index (κ1) is 16.4. The Hall–Kier alpha value is -2.44. The molecule has 0 fully saturated rings. The third kappa shape index (κ3) is 3.90. The molecule has 0 unspecified atom stereocenters. The van der Waals surface area contributed by atoms with Gasteiger partial charge in [0.05, 0.1) is 0 Å². The van der Waals surface area contributed by atoms with E-state index in [1.807, 2.05) is 47.9 Å². The van der Waals surface area contributed by atoms with Gasteiger partial charge in [0.25, 0.3) is 0 Å². The largest absolute Gasteiger partial charge is 0.396 e. The number of anilines is 1. The lowest BCUT2D eigenvalue weighted by atomic mass is 10.1. The predicted octanol–water partition coefficient (Wildman–Crippen LogP) is 2.41. The maximum atomic E-state index is 12.1. The Labute approximate surface area is 144 Å². The van der Waals surface area contributed by atoms with Crippen molar-refractivity contribution in [3.63, 3.8) is 0 Å². The summed E-state index contributed by atoms with van der Waals surface area (Å²) in [5.74, 6) is -1.33. The van der Waals surface area contributed by atoms with Crippen molar-refractivity contribution in [3.05, 3.63) is 53.9 Å². The molecule has 1 aromatic heterocycles. The van der Waals surface area contributed by atoms with E-state index in [0.29, 0.717) is 12.1 Å². The van der Waals surface area contributed by atoms with E-state index in [1.54, 1.807) is 17.4 Å². The van der Waals surface area contributed by atoms with Gasteiger partial charge in [0.1, 0.15) is 0 Å². The van der Waals surface area contributed by atoms with Crippen molar-refractivity contribution in [2.45, 2.75) is 12.5 Å². The van der Waals surface area contributed by atoms with Gasteiger partial charge in [0.15, 0.2) is 0 Å². The van der Waals surface area contributed by atoms with E-state index in [9.17, 15) is 9.59 Å². The summed E-state index contributed by atoms with van der Waals surface area (Å²) in [7, 11) is 0. The quantitative estimate of drug-likeness (QED) is 0.590. The van der Waals surface area contributed by atoms with E-state index >= 15 is 0 Å². The number of carbonyl (C=O) groups is 2. The Morgan fingerprint density at radius 1 is 1.17 bits per heavy atom. The summed E-state index contributed by atoms with van der Waals surface area (Å²) in [5, 5.41) is 16.4. The van der Waals surface area contributed by atoms with Gasteiger partial charge in [-0.25, -0.2) is 0 Å². The summed E-state index contributed by atoms with van der Waals surface area (Å²) in [6.45, 7) is 0.0462. The van der Waals surface area contributed by atoms with E-state index < -0.39 is 11.8 Å². The van der Waals surface area contributed by atoms with Crippen LogP contribution in [0.3, 0.4) is 0 Å². The summed E-state index contributed by atoms with van der Waals surface area (Å²) in [6.07, 6.45) is 4.28. The van der Waals surface area contributed by atoms with Gasteiger partial charge in [-0.15, -0.1) is 11.3 Å². The number of carbonyl (C=O) groups excluding carboxylic acids is 2. The molecule has 3 rings (SSSR count). The molecule has 0 spiro atoms. The van der Waals surface area contributed by atoms with Crippen molar-refractivity contribution < 1.29 is 14.7 Å². The van der Waals surface area contributed by atoms with Crippen LogP contribution in [0.2, 0.25) is 0 Å². The highest BCUT2D eigenvalue weighted by Crippen LogP contribution is 2.26. The van der Waals surface area contributed by atoms with Gasteiger partial charge >= 0.3 is 11.8 Å². The highest BCUT2D eigenvalue weighted by atomic mass is 32.1. The van der Waals surface area contributed by atoms with E-state index in [2.05, 4.69) is 10.6 Å². The minimum Gasteiger partial charge on any atom is -0.396 e. The van der Waals surface area contributed by atoms with E-state index in [1.165, 1.54) is 0 Å². The lowest BCUT2D eigenvalue weighted by Gasteiger charge is -2.12. The van der Waals surface area contributed by atoms with Gasteiger partial charge in [-0.05, 0) is 35.6 Å². The van der Waals surface area contributed by atoms with Gasteiger partial charge in [-0.3, -0.25) is 9.59 Å². The number of hydrogen-bond donors (Lipinski definition) is 3. The Bertz CT molecular complexity index is 755. The number of rotatable bonds is 4. The third-order valence-corrected chi connectivity index (χ3v) is 4.77. The molecule has 0 bridgehead atoms. The molecular weight excluding hydrogens is 324 g/mol. The van der Waals surface area contributed by atoms with Crippen LogP contribution < -0.4 is 10.6 Å². The molecular formula is C18H18N2O3S. The van der Waals surface area contributed by atoms with Crippen LogP contribution in [-0.4, -0.2) is 29.6 Å². The summed E-state index contributed by atoms with van der Waals surface area (Å²) in [4.78, 5) is 25.1. The van der Waals surface area contributed by atoms with E-state index in [4.69, 9.17) is 5.11 Å². The smallest absolute Gasteiger partial charge is 0.313 e. The Morgan fingerprint density at radius 3 is 2.75 bits per heavy atom. The monoisotopic (exact) mass is 342 g/mol. The SMILES string of the molecule is O=C(Nc1cccc(-c2cccs2)c1)C(=O)N[C@@H]1C=C[C@H](CO)C1. The third-order valence-electron chi connectivity index (χ3n) is 3.86. The molecule has 0 saturated carbocycles. The molecule has 3 N–H and O–H groups in total. The molecule has 2 aromatic rings. The second-order valence-electron chi connectivity index (χ2n) is 5.66. The van der Waals surface area contributed by atoms with Crippen LogP contribution in [0.4, 0.5) is 5.69 Å². The highest BCUT2D eigenvalue weighted by molar-refractivity contribution is 7.13. The Kier molecular flexibility index (Phi) is 5.08. The molecule has 6 heteroatoms. The highest BCUT2D eigenvalue weighted by Gasteiger charge is 2.22. The van der Waals surface area contributed by atoms with Crippen LogP contribution in [0.25, 0.3) is 10.4 Å². The molecule has 0 radical (unpaired) electrons. The van der Waals surface area contributed by atoms with E-state index in [0.717, 1.165) is 10.4 Å². The molecule has 1 aromatic carbocycles. The van der Waals surface area contributed by atoms with Gasteiger partial charge in [0.2, 0.25) is 0 Å². The normalized spacial score (nSPS) is 19.2. The van der Waals surface area contributed by atoms with Crippen LogP contribution in [0, 0.1) is 5.92 Å². The predicted molar refractivity (Wildman–Crippen MR) is 94.6 cm³/mol. The maximum Gasteiger partial charge on any atom is 0.313 e. The number of thiophene rings is 1.